The van der Waals surface area contributed by atoms with Gasteiger partial charge in [-0.1, -0.05) is 0 Å². The minimum absolute atomic E-state index is 0.192. The molecule has 15 heavy (non-hydrogen) atoms. The van der Waals surface area contributed by atoms with Crippen molar-refractivity contribution < 1.29 is 4.79 Å². The average Bonchev–Trinajstić information content (AvgIpc) is 2.71. The van der Waals surface area contributed by atoms with Gasteiger partial charge in [0.05, 0.1) is 6.20 Å². The van der Waals surface area contributed by atoms with E-state index in [4.69, 9.17) is 5.73 Å². The summed E-state index contributed by atoms with van der Waals surface area (Å²) in [6, 6.07) is 4.01. The topological polar surface area (TPSA) is 84.7 Å². The van der Waals surface area contributed by atoms with Crippen LogP contribution < -0.4 is 5.73 Å². The molecule has 2 aromatic rings. The highest BCUT2D eigenvalue weighted by Gasteiger charge is 1.97. The van der Waals surface area contributed by atoms with Crippen molar-refractivity contribution in [2.45, 2.75) is 6.92 Å². The standard InChI is InChI=1S/C5H5N3O.C5H7N/c6-5(9)4-3-7-1-2-8-4;1-5-3-2-4-6-5/h1-3H,(H2,6,9);2-4,6H,1H3. The first kappa shape index (κ1) is 10.9. The van der Waals surface area contributed by atoms with Crippen LogP contribution in [0, 0.1) is 6.92 Å². The Morgan fingerprint density at radius 3 is 2.53 bits per heavy atom. The quantitative estimate of drug-likeness (QED) is 0.723. The summed E-state index contributed by atoms with van der Waals surface area (Å²) in [7, 11) is 0. The third kappa shape index (κ3) is 4.04. The van der Waals surface area contributed by atoms with Crippen molar-refractivity contribution in [1.29, 1.82) is 0 Å². The highest BCUT2D eigenvalue weighted by atomic mass is 16.1. The second-order valence-electron chi connectivity index (χ2n) is 2.81. The molecule has 0 aliphatic heterocycles. The molecule has 0 spiro atoms. The highest BCUT2D eigenvalue weighted by Crippen LogP contribution is 1.86. The molecule has 1 amide bonds. The number of aryl methyl sites for hydroxylation is 1. The van der Waals surface area contributed by atoms with Gasteiger partial charge in [-0.3, -0.25) is 9.78 Å². The maximum atomic E-state index is 10.3. The zero-order chi connectivity index (χ0) is 11.1. The SMILES string of the molecule is Cc1ccc[nH]1.NC(=O)c1cnccn1. The fraction of sp³-hybridized carbons (Fsp3) is 0.100. The molecule has 0 saturated heterocycles. The van der Waals surface area contributed by atoms with Gasteiger partial charge < -0.3 is 10.7 Å². The molecule has 0 saturated carbocycles. The molecule has 0 aromatic carbocycles. The summed E-state index contributed by atoms with van der Waals surface area (Å²) >= 11 is 0. The van der Waals surface area contributed by atoms with Crippen LogP contribution in [0.25, 0.3) is 0 Å². The van der Waals surface area contributed by atoms with Gasteiger partial charge in [0.15, 0.2) is 0 Å². The molecule has 0 fully saturated rings. The van der Waals surface area contributed by atoms with Crippen LogP contribution in [0.2, 0.25) is 0 Å². The van der Waals surface area contributed by atoms with E-state index in [0.29, 0.717) is 0 Å². The van der Waals surface area contributed by atoms with Crippen LogP contribution in [-0.4, -0.2) is 20.9 Å². The number of rotatable bonds is 1. The zero-order valence-electron chi connectivity index (χ0n) is 8.34. The molecule has 5 heteroatoms. The fourth-order valence-corrected chi connectivity index (χ4v) is 0.846. The number of amides is 1. The number of H-pyrrole nitrogens is 1. The number of nitrogens with zero attached hydrogens (tertiary/aromatic N) is 2. The van der Waals surface area contributed by atoms with Gasteiger partial charge in [-0.2, -0.15) is 0 Å². The molecule has 5 nitrogen and oxygen atoms in total. The summed E-state index contributed by atoms with van der Waals surface area (Å²) in [5, 5.41) is 0. The van der Waals surface area contributed by atoms with E-state index in [1.165, 1.54) is 24.3 Å². The maximum Gasteiger partial charge on any atom is 0.268 e. The monoisotopic (exact) mass is 204 g/mol. The lowest BCUT2D eigenvalue weighted by Gasteiger charge is -1.87. The van der Waals surface area contributed by atoms with Gasteiger partial charge in [-0.25, -0.2) is 4.98 Å². The van der Waals surface area contributed by atoms with Crippen LogP contribution in [0.3, 0.4) is 0 Å². The van der Waals surface area contributed by atoms with Gasteiger partial charge in [-0.05, 0) is 19.1 Å². The Kier molecular flexibility index (Phi) is 4.03. The third-order valence-electron chi connectivity index (χ3n) is 1.57. The number of hydrogen-bond donors (Lipinski definition) is 2. The van der Waals surface area contributed by atoms with E-state index in [2.05, 4.69) is 15.0 Å². The van der Waals surface area contributed by atoms with E-state index in [9.17, 15) is 4.79 Å². The third-order valence-corrected chi connectivity index (χ3v) is 1.57. The Morgan fingerprint density at radius 2 is 2.27 bits per heavy atom. The van der Waals surface area contributed by atoms with Gasteiger partial charge in [0.25, 0.3) is 5.91 Å². The van der Waals surface area contributed by atoms with Crippen LogP contribution in [-0.2, 0) is 0 Å². The van der Waals surface area contributed by atoms with Crippen molar-refractivity contribution in [3.63, 3.8) is 0 Å². The number of nitrogens with one attached hydrogen (secondary N) is 1. The van der Waals surface area contributed by atoms with Gasteiger partial charge in [-0.15, -0.1) is 0 Å². The summed E-state index contributed by atoms with van der Waals surface area (Å²) in [5.41, 5.74) is 6.28. The number of carbonyl (C=O) groups is 1. The Balaban J connectivity index is 0.000000162. The first-order valence-electron chi connectivity index (χ1n) is 4.36. The molecule has 0 atom stereocenters. The lowest BCUT2D eigenvalue weighted by molar-refractivity contribution is 0.0995. The van der Waals surface area contributed by atoms with Crippen molar-refractivity contribution in [3.05, 3.63) is 48.3 Å². The Hall–Kier alpha value is -2.17. The molecule has 0 radical (unpaired) electrons. The van der Waals surface area contributed by atoms with Crippen molar-refractivity contribution in [2.24, 2.45) is 5.73 Å². The number of nitrogens with two attached hydrogens (primary N) is 1. The van der Waals surface area contributed by atoms with E-state index in [0.717, 1.165) is 0 Å². The molecule has 78 valence electrons. The molecule has 0 bridgehead atoms. The molecule has 2 aromatic heterocycles. The van der Waals surface area contributed by atoms with Crippen LogP contribution in [0.4, 0.5) is 0 Å². The Morgan fingerprint density at radius 1 is 1.47 bits per heavy atom. The number of primary amides is 1. The van der Waals surface area contributed by atoms with Crippen molar-refractivity contribution in [1.82, 2.24) is 15.0 Å². The lowest BCUT2D eigenvalue weighted by atomic mass is 10.4. The van der Waals surface area contributed by atoms with Crippen LogP contribution in [0.15, 0.2) is 36.9 Å². The van der Waals surface area contributed by atoms with Gasteiger partial charge in [0.2, 0.25) is 0 Å². The molecule has 3 N–H and O–H groups in total. The van der Waals surface area contributed by atoms with E-state index >= 15 is 0 Å². The summed E-state index contributed by atoms with van der Waals surface area (Å²) in [6.07, 6.45) is 6.13. The predicted octanol–water partition coefficient (Wildman–Crippen LogP) is 0.899. The number of hydrogen-bond acceptors (Lipinski definition) is 3. The highest BCUT2D eigenvalue weighted by molar-refractivity contribution is 5.90. The van der Waals surface area contributed by atoms with E-state index in [1.807, 2.05) is 25.3 Å². The fourth-order valence-electron chi connectivity index (χ4n) is 0.846. The van der Waals surface area contributed by atoms with Gasteiger partial charge in [0.1, 0.15) is 5.69 Å². The second-order valence-corrected chi connectivity index (χ2v) is 2.81. The summed E-state index contributed by atoms with van der Waals surface area (Å²) < 4.78 is 0. The second kappa shape index (κ2) is 5.54. The molecule has 2 heterocycles. The largest absolute Gasteiger partial charge is 0.365 e. The number of aromatic nitrogens is 3. The van der Waals surface area contributed by atoms with Crippen molar-refractivity contribution in [2.75, 3.05) is 0 Å². The zero-order valence-corrected chi connectivity index (χ0v) is 8.34. The average molecular weight is 204 g/mol. The molecular weight excluding hydrogens is 192 g/mol. The molecule has 0 aliphatic carbocycles. The normalized spacial score (nSPS) is 8.87. The summed E-state index contributed by atoms with van der Waals surface area (Å²) in [4.78, 5) is 20.6. The van der Waals surface area contributed by atoms with Crippen LogP contribution in [0.5, 0.6) is 0 Å². The maximum absolute atomic E-state index is 10.3. The minimum atomic E-state index is -0.553. The number of carbonyl (C=O) groups excluding carboxylic acids is 1. The van der Waals surface area contributed by atoms with E-state index in [1.54, 1.807) is 0 Å². The Bertz CT molecular complexity index is 397. The molecular formula is C10H12N4O. The first-order chi connectivity index (χ1) is 7.20. The number of aromatic amines is 1. The van der Waals surface area contributed by atoms with E-state index < -0.39 is 5.91 Å². The lowest BCUT2D eigenvalue weighted by Crippen LogP contribution is -2.12. The van der Waals surface area contributed by atoms with Crippen LogP contribution in [0.1, 0.15) is 16.2 Å². The van der Waals surface area contributed by atoms with Crippen molar-refractivity contribution in [3.8, 4) is 0 Å². The van der Waals surface area contributed by atoms with Gasteiger partial charge in [0, 0.05) is 24.3 Å². The minimum Gasteiger partial charge on any atom is -0.365 e. The Labute approximate surface area is 87.4 Å². The molecule has 0 unspecified atom stereocenters. The van der Waals surface area contributed by atoms with Crippen LogP contribution >= 0.6 is 0 Å². The van der Waals surface area contributed by atoms with Gasteiger partial charge >= 0.3 is 0 Å². The predicted molar refractivity (Wildman–Crippen MR) is 56.1 cm³/mol. The summed E-state index contributed by atoms with van der Waals surface area (Å²) in [6.45, 7) is 2.03. The van der Waals surface area contributed by atoms with Crippen molar-refractivity contribution >= 4 is 5.91 Å². The first-order valence-corrected chi connectivity index (χ1v) is 4.36. The smallest absolute Gasteiger partial charge is 0.268 e. The summed E-state index contributed by atoms with van der Waals surface area (Å²) in [5.74, 6) is -0.553. The van der Waals surface area contributed by atoms with E-state index in [-0.39, 0.29) is 5.69 Å². The molecule has 0 aliphatic rings. The molecule has 2 rings (SSSR count).